The van der Waals surface area contributed by atoms with Gasteiger partial charge in [0.1, 0.15) is 0 Å². The Labute approximate surface area is 143 Å². The first-order valence-electron chi connectivity index (χ1n) is 8.05. The number of hydrogen-bond acceptors (Lipinski definition) is 6. The van der Waals surface area contributed by atoms with E-state index in [4.69, 9.17) is 10.3 Å². The van der Waals surface area contributed by atoms with Crippen LogP contribution in [0.15, 0.2) is 4.52 Å². The van der Waals surface area contributed by atoms with Gasteiger partial charge in [-0.2, -0.15) is 4.98 Å². The van der Waals surface area contributed by atoms with E-state index in [2.05, 4.69) is 10.1 Å². The first-order valence-corrected chi connectivity index (χ1v) is 9.66. The molecular weight excluding hydrogens is 340 g/mol. The molecule has 2 fully saturated rings. The molecule has 0 aromatic carbocycles. The summed E-state index contributed by atoms with van der Waals surface area (Å²) in [4.78, 5) is 4.52. The highest BCUT2D eigenvalue weighted by Gasteiger charge is 2.37. The monoisotopic (exact) mass is 364 g/mol. The van der Waals surface area contributed by atoms with Crippen molar-refractivity contribution in [2.75, 3.05) is 18.8 Å². The molecule has 1 saturated heterocycles. The lowest BCUT2D eigenvalue weighted by Gasteiger charge is -2.29. The Hall–Kier alpha value is -0.700. The standard InChI is InChI=1S/C14H24N4O3S.ClH/c1-2-22(19,20)18-9-5-11(6-10-18)12-16-13(17-21-12)14(15)7-3-4-8-14;/h11H,2-10,15H2,1H3;1H. The summed E-state index contributed by atoms with van der Waals surface area (Å²) in [6.45, 7) is 2.71. The van der Waals surface area contributed by atoms with Gasteiger partial charge in [-0.3, -0.25) is 0 Å². The van der Waals surface area contributed by atoms with E-state index in [-0.39, 0.29) is 24.1 Å². The van der Waals surface area contributed by atoms with Crippen LogP contribution >= 0.6 is 12.4 Å². The summed E-state index contributed by atoms with van der Waals surface area (Å²) in [7, 11) is -3.10. The minimum Gasteiger partial charge on any atom is -0.339 e. The molecule has 1 aromatic heterocycles. The van der Waals surface area contributed by atoms with Crippen LogP contribution in [-0.2, 0) is 15.6 Å². The zero-order valence-electron chi connectivity index (χ0n) is 13.4. The maximum atomic E-state index is 11.9. The Bertz CT molecular complexity index is 620. The van der Waals surface area contributed by atoms with Crippen LogP contribution < -0.4 is 5.73 Å². The summed E-state index contributed by atoms with van der Waals surface area (Å²) < 4.78 is 30.7. The second kappa shape index (κ2) is 7.04. The average Bonchev–Trinajstić information content (AvgIpc) is 3.17. The number of piperidine rings is 1. The lowest BCUT2D eigenvalue weighted by atomic mass is 9.97. The Morgan fingerprint density at radius 2 is 1.91 bits per heavy atom. The van der Waals surface area contributed by atoms with Crippen molar-refractivity contribution < 1.29 is 12.9 Å². The number of hydrogen-bond donors (Lipinski definition) is 1. The lowest BCUT2D eigenvalue weighted by Crippen LogP contribution is -2.38. The Morgan fingerprint density at radius 1 is 1.30 bits per heavy atom. The molecule has 0 atom stereocenters. The minimum atomic E-state index is -3.10. The van der Waals surface area contributed by atoms with E-state index in [9.17, 15) is 8.42 Å². The molecule has 0 radical (unpaired) electrons. The fourth-order valence-corrected chi connectivity index (χ4v) is 4.53. The van der Waals surface area contributed by atoms with Crippen LogP contribution in [0.3, 0.4) is 0 Å². The van der Waals surface area contributed by atoms with Gasteiger partial charge >= 0.3 is 0 Å². The van der Waals surface area contributed by atoms with Gasteiger partial charge in [0.2, 0.25) is 15.9 Å². The zero-order valence-corrected chi connectivity index (χ0v) is 15.0. The first-order chi connectivity index (χ1) is 10.4. The number of nitrogens with zero attached hydrogens (tertiary/aromatic N) is 3. The van der Waals surface area contributed by atoms with Gasteiger partial charge in [-0.15, -0.1) is 12.4 Å². The van der Waals surface area contributed by atoms with Gasteiger partial charge in [0.15, 0.2) is 5.82 Å². The number of nitrogens with two attached hydrogens (primary N) is 1. The minimum absolute atomic E-state index is 0. The van der Waals surface area contributed by atoms with E-state index in [0.29, 0.717) is 24.8 Å². The second-order valence-electron chi connectivity index (χ2n) is 6.39. The highest BCUT2D eigenvalue weighted by Crippen LogP contribution is 2.36. The molecule has 23 heavy (non-hydrogen) atoms. The molecule has 7 nitrogen and oxygen atoms in total. The molecule has 132 valence electrons. The molecule has 0 unspecified atom stereocenters. The van der Waals surface area contributed by atoms with Gasteiger partial charge in [0.05, 0.1) is 11.3 Å². The molecule has 0 spiro atoms. The third-order valence-electron chi connectivity index (χ3n) is 4.94. The van der Waals surface area contributed by atoms with Crippen LogP contribution in [0.2, 0.25) is 0 Å². The molecule has 1 saturated carbocycles. The van der Waals surface area contributed by atoms with Crippen molar-refractivity contribution in [3.8, 4) is 0 Å². The van der Waals surface area contributed by atoms with E-state index in [1.165, 1.54) is 0 Å². The van der Waals surface area contributed by atoms with Crippen molar-refractivity contribution in [3.05, 3.63) is 11.7 Å². The van der Waals surface area contributed by atoms with Crippen LogP contribution in [-0.4, -0.2) is 41.7 Å². The van der Waals surface area contributed by atoms with Crippen LogP contribution in [0, 0.1) is 0 Å². The molecule has 1 aromatic rings. The van der Waals surface area contributed by atoms with E-state index < -0.39 is 15.6 Å². The number of sulfonamides is 1. The van der Waals surface area contributed by atoms with E-state index in [1.54, 1.807) is 11.2 Å². The SMILES string of the molecule is CCS(=O)(=O)N1CCC(c2nc(C3(N)CCCC3)no2)CC1.Cl. The average molecular weight is 365 g/mol. The summed E-state index contributed by atoms with van der Waals surface area (Å²) >= 11 is 0. The molecule has 2 heterocycles. The van der Waals surface area contributed by atoms with Crippen LogP contribution in [0.1, 0.15) is 63.1 Å². The third kappa shape index (κ3) is 3.70. The van der Waals surface area contributed by atoms with Crippen LogP contribution in [0.5, 0.6) is 0 Å². The van der Waals surface area contributed by atoms with Crippen molar-refractivity contribution >= 4 is 22.4 Å². The number of aromatic nitrogens is 2. The lowest BCUT2D eigenvalue weighted by molar-refractivity contribution is 0.268. The largest absolute Gasteiger partial charge is 0.339 e. The molecular formula is C14H25ClN4O3S. The Morgan fingerprint density at radius 3 is 2.48 bits per heavy atom. The highest BCUT2D eigenvalue weighted by atomic mass is 35.5. The van der Waals surface area contributed by atoms with Crippen LogP contribution in [0.25, 0.3) is 0 Å². The van der Waals surface area contributed by atoms with Gasteiger partial charge in [-0.1, -0.05) is 18.0 Å². The zero-order chi connectivity index (χ0) is 15.8. The fourth-order valence-electron chi connectivity index (χ4n) is 3.40. The fraction of sp³-hybridized carbons (Fsp3) is 0.857. The van der Waals surface area contributed by atoms with Crippen molar-refractivity contribution in [2.24, 2.45) is 5.73 Å². The quantitative estimate of drug-likeness (QED) is 0.873. The van der Waals surface area contributed by atoms with E-state index in [1.807, 2.05) is 0 Å². The number of rotatable bonds is 4. The molecule has 1 aliphatic carbocycles. The van der Waals surface area contributed by atoms with Gasteiger partial charge in [-0.25, -0.2) is 12.7 Å². The molecule has 2 N–H and O–H groups in total. The van der Waals surface area contributed by atoms with Crippen LogP contribution in [0.4, 0.5) is 0 Å². The Balaban J connectivity index is 0.00000192. The maximum absolute atomic E-state index is 11.9. The van der Waals surface area contributed by atoms with Crippen molar-refractivity contribution in [1.82, 2.24) is 14.4 Å². The van der Waals surface area contributed by atoms with Gasteiger partial charge in [-0.05, 0) is 32.6 Å². The molecule has 9 heteroatoms. The third-order valence-corrected chi connectivity index (χ3v) is 6.83. The predicted molar refractivity (Wildman–Crippen MR) is 88.9 cm³/mol. The molecule has 0 amide bonds. The van der Waals surface area contributed by atoms with E-state index >= 15 is 0 Å². The van der Waals surface area contributed by atoms with E-state index in [0.717, 1.165) is 38.5 Å². The van der Waals surface area contributed by atoms with Crippen molar-refractivity contribution in [3.63, 3.8) is 0 Å². The van der Waals surface area contributed by atoms with Gasteiger partial charge in [0.25, 0.3) is 0 Å². The van der Waals surface area contributed by atoms with Crippen molar-refractivity contribution in [1.29, 1.82) is 0 Å². The normalized spacial score (nSPS) is 22.9. The summed E-state index contributed by atoms with van der Waals surface area (Å²) in [5.41, 5.74) is 5.91. The smallest absolute Gasteiger partial charge is 0.229 e. The maximum Gasteiger partial charge on any atom is 0.229 e. The predicted octanol–water partition coefficient (Wildman–Crippen LogP) is 1.75. The van der Waals surface area contributed by atoms with Crippen molar-refractivity contribution in [2.45, 2.75) is 56.9 Å². The van der Waals surface area contributed by atoms with Gasteiger partial charge in [0, 0.05) is 19.0 Å². The summed E-state index contributed by atoms with van der Waals surface area (Å²) in [6.07, 6.45) is 5.45. The topological polar surface area (TPSA) is 102 Å². The summed E-state index contributed by atoms with van der Waals surface area (Å²) in [6, 6.07) is 0. The molecule has 1 aliphatic heterocycles. The number of halogens is 1. The molecule has 3 rings (SSSR count). The highest BCUT2D eigenvalue weighted by molar-refractivity contribution is 7.89. The molecule has 0 bridgehead atoms. The summed E-state index contributed by atoms with van der Waals surface area (Å²) in [5, 5.41) is 4.09. The molecule has 2 aliphatic rings. The Kier molecular flexibility index (Phi) is 5.71. The first kappa shape index (κ1) is 18.6. The second-order valence-corrected chi connectivity index (χ2v) is 8.65. The summed E-state index contributed by atoms with van der Waals surface area (Å²) in [5.74, 6) is 1.51. The van der Waals surface area contributed by atoms with Gasteiger partial charge < -0.3 is 10.3 Å².